The first kappa shape index (κ1) is 26.5. The fraction of sp³-hybridized carbons (Fsp3) is 0.613. The number of unbranched alkanes of at least 4 members (excludes halogenated alkanes) is 10. The molecule has 0 spiro atoms. The van der Waals surface area contributed by atoms with Gasteiger partial charge in [-0.1, -0.05) is 131 Å². The van der Waals surface area contributed by atoms with Crippen molar-refractivity contribution >= 4 is 15.9 Å². The van der Waals surface area contributed by atoms with Crippen molar-refractivity contribution in [3.63, 3.8) is 0 Å². The van der Waals surface area contributed by atoms with Gasteiger partial charge in [-0.15, -0.1) is 0 Å². The molecular weight excluding hydrogens is 468 g/mol. The maximum atomic E-state index is 10.4. The summed E-state index contributed by atoms with van der Waals surface area (Å²) in [6.45, 7) is 6.47. The average molecular weight is 514 g/mol. The van der Waals surface area contributed by atoms with E-state index in [4.69, 9.17) is 0 Å². The van der Waals surface area contributed by atoms with E-state index in [1.165, 1.54) is 117 Å². The van der Waals surface area contributed by atoms with Gasteiger partial charge in [0.25, 0.3) is 0 Å². The molecule has 0 bridgehead atoms. The van der Waals surface area contributed by atoms with Crippen LogP contribution in [-0.2, 0) is 5.41 Å². The van der Waals surface area contributed by atoms with E-state index in [1.54, 1.807) is 0 Å². The Morgan fingerprint density at radius 1 is 0.697 bits per heavy atom. The van der Waals surface area contributed by atoms with E-state index in [0.717, 1.165) is 5.56 Å². The van der Waals surface area contributed by atoms with Gasteiger partial charge in [0, 0.05) is 9.89 Å². The summed E-state index contributed by atoms with van der Waals surface area (Å²) in [5, 5.41) is 10.4. The number of rotatable bonds is 15. The smallest absolute Gasteiger partial charge is 0.0762 e. The molecule has 0 aliphatic heterocycles. The second-order valence-electron chi connectivity index (χ2n) is 10.3. The number of benzene rings is 2. The molecule has 1 aliphatic carbocycles. The van der Waals surface area contributed by atoms with Gasteiger partial charge in [0.05, 0.1) is 6.10 Å². The highest BCUT2D eigenvalue weighted by atomic mass is 79.9. The summed E-state index contributed by atoms with van der Waals surface area (Å²) in [5.74, 6) is 0. The van der Waals surface area contributed by atoms with Crippen molar-refractivity contribution in [1.82, 2.24) is 0 Å². The van der Waals surface area contributed by atoms with Crippen LogP contribution in [0.1, 0.15) is 133 Å². The lowest BCUT2D eigenvalue weighted by molar-refractivity contribution is 0.199. The molecule has 0 saturated heterocycles. The van der Waals surface area contributed by atoms with Crippen molar-refractivity contribution in [2.24, 2.45) is 0 Å². The van der Waals surface area contributed by atoms with Gasteiger partial charge in [0.2, 0.25) is 0 Å². The van der Waals surface area contributed by atoms with Crippen LogP contribution < -0.4 is 0 Å². The molecule has 1 atom stereocenters. The Morgan fingerprint density at radius 2 is 1.18 bits per heavy atom. The summed E-state index contributed by atoms with van der Waals surface area (Å²) in [4.78, 5) is 0. The van der Waals surface area contributed by atoms with Crippen molar-refractivity contribution in [2.45, 2.75) is 122 Å². The molecule has 1 nitrogen and oxygen atoms in total. The van der Waals surface area contributed by atoms with Crippen LogP contribution in [0, 0.1) is 0 Å². The number of halogens is 1. The van der Waals surface area contributed by atoms with Crippen LogP contribution in [0.2, 0.25) is 0 Å². The van der Waals surface area contributed by atoms with Crippen LogP contribution in [-0.4, -0.2) is 5.11 Å². The zero-order valence-electron chi connectivity index (χ0n) is 21.3. The second-order valence-corrected chi connectivity index (χ2v) is 11.2. The van der Waals surface area contributed by atoms with Crippen molar-refractivity contribution < 1.29 is 5.11 Å². The standard InChI is InChI=1S/C31H45BrO/c1-4-6-8-10-12-14-20-31(21-15-13-11-9-7-5-2)29-22-25(24(3)33)16-18-27(29)28-19-17-26(32)23-30(28)31/h16-19,22-24,33H,4-15,20-21H2,1-3H3. The number of aliphatic hydroxyl groups is 1. The van der Waals surface area contributed by atoms with Crippen molar-refractivity contribution in [1.29, 1.82) is 0 Å². The molecule has 2 heteroatoms. The van der Waals surface area contributed by atoms with Crippen LogP contribution in [0.3, 0.4) is 0 Å². The topological polar surface area (TPSA) is 20.2 Å². The molecule has 1 aliphatic rings. The van der Waals surface area contributed by atoms with E-state index < -0.39 is 6.10 Å². The Hall–Kier alpha value is -1.12. The van der Waals surface area contributed by atoms with E-state index in [2.05, 4.69) is 66.2 Å². The molecule has 0 fully saturated rings. The third kappa shape index (κ3) is 6.51. The summed E-state index contributed by atoms with van der Waals surface area (Å²) in [7, 11) is 0. The molecule has 33 heavy (non-hydrogen) atoms. The predicted molar refractivity (Wildman–Crippen MR) is 147 cm³/mol. The lowest BCUT2D eigenvalue weighted by atomic mass is 9.70. The minimum atomic E-state index is -0.425. The van der Waals surface area contributed by atoms with Crippen molar-refractivity contribution in [3.8, 4) is 11.1 Å². The Balaban J connectivity index is 1.91. The summed E-state index contributed by atoms with van der Waals surface area (Å²) >= 11 is 3.78. The number of fused-ring (bicyclic) bond motifs is 3. The zero-order chi connectivity index (χ0) is 23.7. The van der Waals surface area contributed by atoms with Crippen LogP contribution in [0.5, 0.6) is 0 Å². The maximum absolute atomic E-state index is 10.4. The summed E-state index contributed by atoms with van der Waals surface area (Å²) in [6, 6.07) is 13.6. The first-order valence-corrected chi connectivity index (χ1v) is 14.5. The highest BCUT2D eigenvalue weighted by Gasteiger charge is 2.42. The molecule has 1 N–H and O–H groups in total. The van der Waals surface area contributed by atoms with E-state index in [9.17, 15) is 5.11 Å². The number of hydrogen-bond donors (Lipinski definition) is 1. The van der Waals surface area contributed by atoms with Gasteiger partial charge < -0.3 is 5.11 Å². The summed E-state index contributed by atoms with van der Waals surface area (Å²) < 4.78 is 1.18. The van der Waals surface area contributed by atoms with Crippen LogP contribution in [0.15, 0.2) is 40.9 Å². The molecule has 2 aromatic rings. The van der Waals surface area contributed by atoms with Crippen LogP contribution in [0.4, 0.5) is 0 Å². The highest BCUT2D eigenvalue weighted by molar-refractivity contribution is 9.10. The molecule has 3 rings (SSSR count). The quantitative estimate of drug-likeness (QED) is 0.235. The third-order valence-electron chi connectivity index (χ3n) is 7.74. The Labute approximate surface area is 211 Å². The van der Waals surface area contributed by atoms with Crippen LogP contribution in [0.25, 0.3) is 11.1 Å². The average Bonchev–Trinajstić information content (AvgIpc) is 3.07. The van der Waals surface area contributed by atoms with Gasteiger partial charge in [0.1, 0.15) is 0 Å². The Kier molecular flexibility index (Phi) is 10.5. The molecule has 0 saturated carbocycles. The molecule has 1 unspecified atom stereocenters. The predicted octanol–water partition coefficient (Wildman–Crippen LogP) is 10.3. The lowest BCUT2D eigenvalue weighted by Gasteiger charge is -2.33. The van der Waals surface area contributed by atoms with Crippen molar-refractivity contribution in [3.05, 3.63) is 57.6 Å². The van der Waals surface area contributed by atoms with Crippen LogP contribution >= 0.6 is 15.9 Å². The molecule has 0 heterocycles. The van der Waals surface area contributed by atoms with Gasteiger partial charge in [0.15, 0.2) is 0 Å². The maximum Gasteiger partial charge on any atom is 0.0762 e. The largest absolute Gasteiger partial charge is 0.389 e. The summed E-state index contributed by atoms with van der Waals surface area (Å²) in [5.41, 5.74) is 6.90. The van der Waals surface area contributed by atoms with Crippen molar-refractivity contribution in [2.75, 3.05) is 0 Å². The third-order valence-corrected chi connectivity index (χ3v) is 8.24. The van der Waals surface area contributed by atoms with E-state index in [0.29, 0.717) is 0 Å². The fourth-order valence-electron chi connectivity index (χ4n) is 5.82. The summed E-state index contributed by atoms with van der Waals surface area (Å²) in [6.07, 6.45) is 18.0. The highest BCUT2D eigenvalue weighted by Crippen LogP contribution is 2.55. The number of hydrogen-bond acceptors (Lipinski definition) is 1. The normalized spacial score (nSPS) is 14.8. The zero-order valence-corrected chi connectivity index (χ0v) is 22.9. The first-order valence-electron chi connectivity index (χ1n) is 13.7. The first-order chi connectivity index (χ1) is 16.0. The number of aliphatic hydroxyl groups excluding tert-OH is 1. The van der Waals surface area contributed by atoms with E-state index in [1.807, 2.05) is 6.92 Å². The Morgan fingerprint density at radius 3 is 1.73 bits per heavy atom. The molecule has 0 amide bonds. The van der Waals surface area contributed by atoms with Gasteiger partial charge in [-0.3, -0.25) is 0 Å². The molecule has 0 radical (unpaired) electrons. The van der Waals surface area contributed by atoms with Gasteiger partial charge in [-0.2, -0.15) is 0 Å². The fourth-order valence-corrected chi connectivity index (χ4v) is 6.18. The lowest BCUT2D eigenvalue weighted by Crippen LogP contribution is -2.26. The molecule has 182 valence electrons. The molecule has 0 aromatic heterocycles. The Bertz CT molecular complexity index is 853. The minimum Gasteiger partial charge on any atom is -0.389 e. The SMILES string of the molecule is CCCCCCCCC1(CCCCCCCC)c2cc(Br)ccc2-c2ccc(C(C)O)cc21. The second kappa shape index (κ2) is 13.1. The molecular formula is C31H45BrO. The minimum absolute atomic E-state index is 0.0782. The van der Waals surface area contributed by atoms with E-state index >= 15 is 0 Å². The monoisotopic (exact) mass is 512 g/mol. The van der Waals surface area contributed by atoms with Gasteiger partial charge in [-0.05, 0) is 59.7 Å². The molecule has 2 aromatic carbocycles. The van der Waals surface area contributed by atoms with E-state index in [-0.39, 0.29) is 5.41 Å². The van der Waals surface area contributed by atoms with Gasteiger partial charge >= 0.3 is 0 Å². The van der Waals surface area contributed by atoms with Gasteiger partial charge in [-0.25, -0.2) is 0 Å².